The van der Waals surface area contributed by atoms with Crippen molar-refractivity contribution in [2.24, 2.45) is 0 Å². The Hall–Kier alpha value is -1.08. The van der Waals surface area contributed by atoms with Crippen molar-refractivity contribution in [2.75, 3.05) is 7.05 Å². The largest absolute Gasteiger partial charge is 0.469 e. The number of pyridine rings is 1. The van der Waals surface area contributed by atoms with Crippen LogP contribution in [0.3, 0.4) is 0 Å². The molecule has 0 aromatic carbocycles. The lowest BCUT2D eigenvalue weighted by atomic mass is 10.3. The van der Waals surface area contributed by atoms with Crippen molar-refractivity contribution in [2.45, 2.75) is 18.4 Å². The second-order valence-electron chi connectivity index (χ2n) is 4.21. The van der Waals surface area contributed by atoms with Crippen LogP contribution >= 0.6 is 23.2 Å². The van der Waals surface area contributed by atoms with Gasteiger partial charge in [-0.1, -0.05) is 23.2 Å². The van der Waals surface area contributed by atoms with Gasteiger partial charge in [0, 0.05) is 25.4 Å². The van der Waals surface area contributed by atoms with Crippen LogP contribution in [0.2, 0.25) is 10.2 Å². The van der Waals surface area contributed by atoms with Gasteiger partial charge in [-0.2, -0.15) is 4.31 Å². The van der Waals surface area contributed by atoms with E-state index in [0.29, 0.717) is 5.76 Å². The number of aromatic nitrogens is 1. The molecule has 2 aromatic heterocycles. The fraction of sp³-hybridized carbons (Fsp3) is 0.250. The first kappa shape index (κ1) is 15.3. The summed E-state index contributed by atoms with van der Waals surface area (Å²) in [7, 11) is -2.21. The molecule has 0 aliphatic carbocycles. The molecule has 0 N–H and O–H groups in total. The lowest BCUT2D eigenvalue weighted by molar-refractivity contribution is 0.458. The van der Waals surface area contributed by atoms with Gasteiger partial charge in [0.2, 0.25) is 10.0 Å². The SMILES string of the molecule is Cc1occc1CN(C)S(=O)(=O)c1cnc(Cl)c(Cl)c1. The van der Waals surface area contributed by atoms with E-state index in [1.54, 1.807) is 13.0 Å². The number of hydrogen-bond acceptors (Lipinski definition) is 4. The van der Waals surface area contributed by atoms with Crippen molar-refractivity contribution in [3.63, 3.8) is 0 Å². The van der Waals surface area contributed by atoms with Gasteiger partial charge in [0.1, 0.15) is 15.8 Å². The number of sulfonamides is 1. The summed E-state index contributed by atoms with van der Waals surface area (Å²) < 4.78 is 31.1. The van der Waals surface area contributed by atoms with E-state index in [2.05, 4.69) is 4.98 Å². The lowest BCUT2D eigenvalue weighted by Crippen LogP contribution is -2.26. The van der Waals surface area contributed by atoms with Crippen LogP contribution in [-0.2, 0) is 16.6 Å². The fourth-order valence-corrected chi connectivity index (χ4v) is 3.08. The second kappa shape index (κ2) is 5.73. The van der Waals surface area contributed by atoms with E-state index in [-0.39, 0.29) is 21.6 Å². The Kier molecular flexibility index (Phi) is 4.39. The standard InChI is InChI=1S/C12H12Cl2N2O3S/c1-8-9(3-4-19-8)7-16(2)20(17,18)10-5-11(13)12(14)15-6-10/h3-6H,7H2,1-2H3. The summed E-state index contributed by atoms with van der Waals surface area (Å²) >= 11 is 11.5. The molecule has 2 aromatic rings. The zero-order chi connectivity index (χ0) is 14.9. The molecule has 0 amide bonds. The number of hydrogen-bond donors (Lipinski definition) is 0. The molecule has 0 radical (unpaired) electrons. The summed E-state index contributed by atoms with van der Waals surface area (Å²) in [6, 6.07) is 3.01. The maximum atomic E-state index is 12.4. The third kappa shape index (κ3) is 2.98. The number of nitrogens with zero attached hydrogens (tertiary/aromatic N) is 2. The van der Waals surface area contributed by atoms with E-state index >= 15 is 0 Å². The molecule has 0 saturated heterocycles. The predicted molar refractivity (Wildman–Crippen MR) is 76.4 cm³/mol. The highest BCUT2D eigenvalue weighted by molar-refractivity contribution is 7.89. The van der Waals surface area contributed by atoms with Crippen LogP contribution in [0.1, 0.15) is 11.3 Å². The second-order valence-corrected chi connectivity index (χ2v) is 7.02. The Labute approximate surface area is 127 Å². The molecule has 0 atom stereocenters. The molecular weight excluding hydrogens is 323 g/mol. The normalized spacial score (nSPS) is 12.1. The third-order valence-electron chi connectivity index (χ3n) is 2.84. The fourth-order valence-electron chi connectivity index (χ4n) is 1.62. The molecule has 2 rings (SSSR count). The number of halogens is 2. The van der Waals surface area contributed by atoms with Gasteiger partial charge in [-0.25, -0.2) is 13.4 Å². The van der Waals surface area contributed by atoms with Crippen LogP contribution in [0.25, 0.3) is 0 Å². The third-order valence-corrected chi connectivity index (χ3v) is 5.29. The summed E-state index contributed by atoms with van der Waals surface area (Å²) in [4.78, 5) is 3.75. The Morgan fingerprint density at radius 2 is 2.10 bits per heavy atom. The van der Waals surface area contributed by atoms with E-state index < -0.39 is 10.0 Å². The average molecular weight is 335 g/mol. The molecule has 108 valence electrons. The molecule has 0 unspecified atom stereocenters. The zero-order valence-electron chi connectivity index (χ0n) is 10.8. The van der Waals surface area contributed by atoms with Gasteiger partial charge in [0.15, 0.2) is 0 Å². The van der Waals surface area contributed by atoms with Gasteiger partial charge in [-0.05, 0) is 19.1 Å². The topological polar surface area (TPSA) is 63.4 Å². The zero-order valence-corrected chi connectivity index (χ0v) is 13.1. The summed E-state index contributed by atoms with van der Waals surface area (Å²) in [6.07, 6.45) is 2.70. The van der Waals surface area contributed by atoms with Gasteiger partial charge in [-0.15, -0.1) is 0 Å². The Balaban J connectivity index is 2.29. The summed E-state index contributed by atoms with van der Waals surface area (Å²) in [5.74, 6) is 0.680. The van der Waals surface area contributed by atoms with Gasteiger partial charge >= 0.3 is 0 Å². The number of rotatable bonds is 4. The molecule has 20 heavy (non-hydrogen) atoms. The molecule has 0 saturated carbocycles. The highest BCUT2D eigenvalue weighted by Gasteiger charge is 2.23. The van der Waals surface area contributed by atoms with Crippen LogP contribution in [-0.4, -0.2) is 24.8 Å². The average Bonchev–Trinajstić information content (AvgIpc) is 2.78. The number of aryl methyl sites for hydroxylation is 1. The molecule has 2 heterocycles. The minimum absolute atomic E-state index is 0.00412. The first-order valence-electron chi connectivity index (χ1n) is 5.62. The predicted octanol–water partition coefficient (Wildman–Crippen LogP) is 3.11. The molecule has 0 bridgehead atoms. The number of furan rings is 1. The molecular formula is C12H12Cl2N2O3S. The monoisotopic (exact) mass is 334 g/mol. The lowest BCUT2D eigenvalue weighted by Gasteiger charge is -2.16. The van der Waals surface area contributed by atoms with Crippen molar-refractivity contribution in [1.82, 2.24) is 9.29 Å². The van der Waals surface area contributed by atoms with Crippen molar-refractivity contribution in [3.8, 4) is 0 Å². The quantitative estimate of drug-likeness (QED) is 0.806. The highest BCUT2D eigenvalue weighted by atomic mass is 35.5. The van der Waals surface area contributed by atoms with E-state index in [9.17, 15) is 8.42 Å². The smallest absolute Gasteiger partial charge is 0.244 e. The Morgan fingerprint density at radius 3 is 2.65 bits per heavy atom. The summed E-state index contributed by atoms with van der Waals surface area (Å²) in [5.41, 5.74) is 0.795. The van der Waals surface area contributed by atoms with Gasteiger partial charge in [0.25, 0.3) is 0 Å². The van der Waals surface area contributed by atoms with Crippen LogP contribution in [0, 0.1) is 6.92 Å². The van der Waals surface area contributed by atoms with Crippen LogP contribution in [0.15, 0.2) is 33.9 Å². The molecule has 0 spiro atoms. The molecule has 0 aliphatic heterocycles. The van der Waals surface area contributed by atoms with Gasteiger partial charge < -0.3 is 4.42 Å². The Bertz CT molecular complexity index is 728. The molecule has 5 nitrogen and oxygen atoms in total. The summed E-state index contributed by atoms with van der Waals surface area (Å²) in [6.45, 7) is 1.97. The van der Waals surface area contributed by atoms with Gasteiger partial charge in [-0.3, -0.25) is 0 Å². The first-order valence-corrected chi connectivity index (χ1v) is 7.82. The highest BCUT2D eigenvalue weighted by Crippen LogP contribution is 2.24. The Morgan fingerprint density at radius 1 is 1.40 bits per heavy atom. The van der Waals surface area contributed by atoms with E-state index in [0.717, 1.165) is 5.56 Å². The van der Waals surface area contributed by atoms with Crippen LogP contribution in [0.4, 0.5) is 0 Å². The minimum Gasteiger partial charge on any atom is -0.469 e. The minimum atomic E-state index is -3.69. The van der Waals surface area contributed by atoms with Crippen LogP contribution < -0.4 is 0 Å². The summed E-state index contributed by atoms with van der Waals surface area (Å²) in [5, 5.41) is 0.166. The van der Waals surface area contributed by atoms with Crippen molar-refractivity contribution in [3.05, 3.63) is 46.1 Å². The molecule has 0 fully saturated rings. The maximum absolute atomic E-state index is 12.4. The van der Waals surface area contributed by atoms with Crippen LogP contribution in [0.5, 0.6) is 0 Å². The van der Waals surface area contributed by atoms with Crippen molar-refractivity contribution in [1.29, 1.82) is 0 Å². The molecule has 0 aliphatic rings. The van der Waals surface area contributed by atoms with Crippen molar-refractivity contribution >= 4 is 33.2 Å². The maximum Gasteiger partial charge on any atom is 0.244 e. The first-order chi connectivity index (χ1) is 9.32. The van der Waals surface area contributed by atoms with E-state index in [1.807, 2.05) is 0 Å². The van der Waals surface area contributed by atoms with Crippen molar-refractivity contribution < 1.29 is 12.8 Å². The molecule has 8 heteroatoms. The van der Waals surface area contributed by atoms with E-state index in [4.69, 9.17) is 27.6 Å². The van der Waals surface area contributed by atoms with E-state index in [1.165, 1.54) is 29.9 Å². The van der Waals surface area contributed by atoms with Gasteiger partial charge in [0.05, 0.1) is 11.3 Å².